The zero-order valence-corrected chi connectivity index (χ0v) is 26.9. The Morgan fingerprint density at radius 3 is 2.63 bits per heavy atom. The number of rotatable bonds is 7. The smallest absolute Gasteiger partial charge is 0.417 e. The molecule has 1 saturated carbocycles. The summed E-state index contributed by atoms with van der Waals surface area (Å²) in [7, 11) is 1.49. The van der Waals surface area contributed by atoms with Gasteiger partial charge in [-0.25, -0.2) is 13.2 Å². The molecule has 7 rings (SSSR count). The maximum atomic E-state index is 17.0. The van der Waals surface area contributed by atoms with E-state index in [2.05, 4.69) is 16.0 Å². The lowest BCUT2D eigenvalue weighted by Gasteiger charge is -2.50. The first-order chi connectivity index (χ1) is 23.2. The second-order valence-corrected chi connectivity index (χ2v) is 14.2. The van der Waals surface area contributed by atoms with Crippen LogP contribution in [-0.2, 0) is 6.18 Å². The fourth-order valence-corrected chi connectivity index (χ4v) is 8.83. The van der Waals surface area contributed by atoms with Crippen molar-refractivity contribution < 1.29 is 36.2 Å². The number of nitriles is 2. The number of hydrogen-bond donors (Lipinski definition) is 2. The molecule has 3 fully saturated rings. The van der Waals surface area contributed by atoms with E-state index in [0.29, 0.717) is 30.4 Å². The highest BCUT2D eigenvalue weighted by molar-refractivity contribution is 7.23. The number of ether oxygens (including phenoxy) is 1. The Kier molecular flexibility index (Phi) is 7.85. The number of fused-ring (bicyclic) bond motifs is 3. The molecule has 9 nitrogen and oxygen atoms in total. The van der Waals surface area contributed by atoms with Crippen LogP contribution in [0.25, 0.3) is 32.1 Å². The molecule has 0 bridgehead atoms. The second-order valence-electron chi connectivity index (χ2n) is 13.1. The molecule has 3 N–H and O–H groups in total. The Morgan fingerprint density at radius 2 is 1.96 bits per heavy atom. The van der Waals surface area contributed by atoms with E-state index in [-0.39, 0.29) is 76.7 Å². The third kappa shape index (κ3) is 5.19. The molecule has 2 atom stereocenters. The molecule has 2 aromatic heterocycles. The quantitative estimate of drug-likeness (QED) is 0.208. The molecule has 4 aromatic rings. The van der Waals surface area contributed by atoms with Crippen LogP contribution in [0.1, 0.15) is 49.7 Å². The third-order valence-corrected chi connectivity index (χ3v) is 11.3. The van der Waals surface area contributed by atoms with Crippen LogP contribution in [0.15, 0.2) is 18.2 Å². The van der Waals surface area contributed by atoms with E-state index < -0.39 is 63.4 Å². The van der Waals surface area contributed by atoms with Gasteiger partial charge in [0, 0.05) is 36.3 Å². The highest BCUT2D eigenvalue weighted by atomic mass is 32.1. The fourth-order valence-electron chi connectivity index (χ4n) is 7.88. The van der Waals surface area contributed by atoms with Gasteiger partial charge in [0.05, 0.1) is 45.5 Å². The SMILES string of the molecule is CN(c1nc(OC[C@@]23CCCN2C[C@H](F)C3)nc2c(F)c(-c3ccc(F)c4sc(N)c(C#N)c34)c(C(F)(F)F)cc12)C1(CC#N)CC(O)C1. The summed E-state index contributed by atoms with van der Waals surface area (Å²) in [4.78, 5) is 12.2. The maximum absolute atomic E-state index is 17.0. The van der Waals surface area contributed by atoms with E-state index in [1.54, 1.807) is 6.07 Å². The Labute approximate surface area is 280 Å². The highest BCUT2D eigenvalue weighted by Gasteiger charge is 2.50. The van der Waals surface area contributed by atoms with Crippen molar-refractivity contribution in [1.29, 1.82) is 10.5 Å². The van der Waals surface area contributed by atoms with Gasteiger partial charge in [-0.3, -0.25) is 4.90 Å². The predicted molar refractivity (Wildman–Crippen MR) is 170 cm³/mol. The summed E-state index contributed by atoms with van der Waals surface area (Å²) in [6, 6.07) is 6.02. The average molecular weight is 702 g/mol. The lowest BCUT2D eigenvalue weighted by molar-refractivity contribution is -0.137. The fraction of sp³-hybridized carbons (Fsp3) is 0.455. The summed E-state index contributed by atoms with van der Waals surface area (Å²) in [6.45, 7) is 0.839. The number of halogens is 6. The van der Waals surface area contributed by atoms with Crippen LogP contribution in [0, 0.1) is 34.3 Å². The minimum absolute atomic E-state index is 0.0580. The number of aromatic nitrogens is 2. The van der Waals surface area contributed by atoms with E-state index >= 15 is 4.39 Å². The number of nitrogen functional groups attached to an aromatic ring is 1. The maximum Gasteiger partial charge on any atom is 0.417 e. The van der Waals surface area contributed by atoms with Crippen molar-refractivity contribution in [3.05, 3.63) is 41.0 Å². The van der Waals surface area contributed by atoms with E-state index in [1.807, 2.05) is 4.90 Å². The number of nitrogens with zero attached hydrogens (tertiary/aromatic N) is 6. The molecule has 2 saturated heterocycles. The third-order valence-electron chi connectivity index (χ3n) is 10.3. The molecular formula is C33H29F6N7O2S. The normalized spacial score (nSPS) is 25.3. The van der Waals surface area contributed by atoms with E-state index in [1.165, 1.54) is 11.9 Å². The van der Waals surface area contributed by atoms with Crippen LogP contribution in [0.5, 0.6) is 6.01 Å². The zero-order chi connectivity index (χ0) is 35.0. The molecule has 0 radical (unpaired) electrons. The van der Waals surface area contributed by atoms with Crippen LogP contribution in [0.4, 0.5) is 37.2 Å². The Bertz CT molecular complexity index is 2090. The van der Waals surface area contributed by atoms with Gasteiger partial charge in [-0.2, -0.15) is 33.7 Å². The monoisotopic (exact) mass is 701 g/mol. The molecule has 256 valence electrons. The number of anilines is 2. The minimum Gasteiger partial charge on any atom is -0.461 e. The number of benzene rings is 2. The van der Waals surface area contributed by atoms with Crippen molar-refractivity contribution in [3.8, 4) is 29.3 Å². The van der Waals surface area contributed by atoms with Gasteiger partial charge < -0.3 is 20.5 Å². The van der Waals surface area contributed by atoms with Gasteiger partial charge in [0.25, 0.3) is 0 Å². The minimum atomic E-state index is -5.15. The van der Waals surface area contributed by atoms with Crippen molar-refractivity contribution in [2.75, 3.05) is 37.4 Å². The van der Waals surface area contributed by atoms with Gasteiger partial charge in [-0.1, -0.05) is 6.07 Å². The van der Waals surface area contributed by atoms with Crippen LogP contribution in [-0.4, -0.2) is 70.1 Å². The van der Waals surface area contributed by atoms with Crippen molar-refractivity contribution in [3.63, 3.8) is 0 Å². The van der Waals surface area contributed by atoms with Crippen LogP contribution >= 0.6 is 11.3 Å². The summed E-state index contributed by atoms with van der Waals surface area (Å²) in [5.74, 6) is -2.45. The Balaban J connectivity index is 1.48. The van der Waals surface area contributed by atoms with Gasteiger partial charge in [0.1, 0.15) is 41.0 Å². The lowest BCUT2D eigenvalue weighted by atomic mass is 9.71. The van der Waals surface area contributed by atoms with Gasteiger partial charge >= 0.3 is 12.2 Å². The van der Waals surface area contributed by atoms with Crippen molar-refractivity contribution >= 4 is 43.1 Å². The number of aliphatic hydroxyl groups is 1. The summed E-state index contributed by atoms with van der Waals surface area (Å²) >= 11 is 0.659. The molecule has 2 aliphatic heterocycles. The molecule has 4 heterocycles. The average Bonchev–Trinajstić information content (AvgIpc) is 3.68. The zero-order valence-electron chi connectivity index (χ0n) is 26.0. The van der Waals surface area contributed by atoms with Crippen LogP contribution in [0.2, 0.25) is 0 Å². The second kappa shape index (κ2) is 11.6. The number of nitrogens with two attached hydrogens (primary N) is 1. The highest BCUT2D eigenvalue weighted by Crippen LogP contribution is 2.50. The Morgan fingerprint density at radius 1 is 1.20 bits per heavy atom. The first-order valence-corrected chi connectivity index (χ1v) is 16.4. The molecule has 1 aliphatic carbocycles. The van der Waals surface area contributed by atoms with Gasteiger partial charge in [0.2, 0.25) is 0 Å². The number of thiophene rings is 1. The van der Waals surface area contributed by atoms with E-state index in [0.717, 1.165) is 18.6 Å². The van der Waals surface area contributed by atoms with Crippen molar-refractivity contribution in [1.82, 2.24) is 14.9 Å². The molecule has 16 heteroatoms. The van der Waals surface area contributed by atoms with Crippen molar-refractivity contribution in [2.45, 2.75) is 68.1 Å². The largest absolute Gasteiger partial charge is 0.461 e. The molecule has 0 unspecified atom stereocenters. The first kappa shape index (κ1) is 33.1. The molecule has 49 heavy (non-hydrogen) atoms. The molecule has 0 spiro atoms. The summed E-state index contributed by atoms with van der Waals surface area (Å²) in [5, 5.41) is 28.9. The number of alkyl halides is 4. The summed E-state index contributed by atoms with van der Waals surface area (Å²) in [5.41, 5.74) is 0.576. The van der Waals surface area contributed by atoms with E-state index in [9.17, 15) is 37.6 Å². The summed E-state index contributed by atoms with van der Waals surface area (Å²) < 4.78 is 97.0. The van der Waals surface area contributed by atoms with Crippen molar-refractivity contribution in [2.24, 2.45) is 0 Å². The molecule has 0 amide bonds. The predicted octanol–water partition coefficient (Wildman–Crippen LogP) is 6.46. The van der Waals surface area contributed by atoms with E-state index in [4.69, 9.17) is 10.5 Å². The molecule has 2 aromatic carbocycles. The number of hydrogen-bond acceptors (Lipinski definition) is 10. The standard InChI is InChI=1S/C33H29F6N7O2S/c1-45(31(6-7-40)11-17(47)12-31)29-19-9-21(33(37,38)39)24(18-3-4-22(35)27-23(18)20(13-41)28(42)49-27)25(36)26(19)43-30(44-29)48-15-32-5-2-8-46(32)14-16(34)10-32/h3-4,9,16-17,47H,2,5-6,8,10-12,14-15,42H2,1H3/t16-,17?,31?,32+/m1/s1. The summed E-state index contributed by atoms with van der Waals surface area (Å²) in [6.07, 6.45) is -5.26. The van der Waals surface area contributed by atoms with Crippen LogP contribution < -0.4 is 15.4 Å². The van der Waals surface area contributed by atoms with Gasteiger partial charge in [-0.15, -0.1) is 11.3 Å². The first-order valence-electron chi connectivity index (χ1n) is 15.5. The Hall–Kier alpha value is -4.38. The number of aliphatic hydroxyl groups excluding tert-OH is 1. The van der Waals surface area contributed by atoms with Gasteiger partial charge in [0.15, 0.2) is 5.82 Å². The van der Waals surface area contributed by atoms with Gasteiger partial charge in [-0.05, 0) is 49.9 Å². The topological polar surface area (TPSA) is 135 Å². The molecular weight excluding hydrogens is 672 g/mol. The molecule has 3 aliphatic rings. The van der Waals surface area contributed by atoms with Crippen LogP contribution in [0.3, 0.4) is 0 Å². The lowest BCUT2D eigenvalue weighted by Crippen LogP contribution is -2.58.